The largest absolute Gasteiger partial charge is 0.445 e. The molecule has 0 saturated heterocycles. The molecule has 33 heavy (non-hydrogen) atoms. The summed E-state index contributed by atoms with van der Waals surface area (Å²) in [5, 5.41) is 0. The van der Waals surface area contributed by atoms with Crippen LogP contribution in [0.4, 0.5) is 4.79 Å². The van der Waals surface area contributed by atoms with Gasteiger partial charge in [-0.3, -0.25) is 4.31 Å². The molecule has 0 aromatic heterocycles. The van der Waals surface area contributed by atoms with E-state index in [1.165, 1.54) is 55.7 Å². The third-order valence-electron chi connectivity index (χ3n) is 10.8. The molecule has 0 heterocycles. The van der Waals surface area contributed by atoms with Gasteiger partial charge in [-0.1, -0.05) is 78.3 Å². The number of carbonyl (C=O) groups excluding carboxylic acids is 1. The van der Waals surface area contributed by atoms with E-state index >= 15 is 0 Å². The first kappa shape index (κ1) is 25.5. The molecule has 0 N–H and O–H groups in total. The summed E-state index contributed by atoms with van der Waals surface area (Å²) in [6.07, 6.45) is 16.5. The molecule has 0 aliphatic heterocycles. The Morgan fingerprint density at radius 3 is 2.58 bits per heavy atom. The average Bonchev–Trinajstić information content (AvgIpc) is 3.11. The van der Waals surface area contributed by atoms with Crippen LogP contribution in [0.2, 0.25) is 0 Å². The summed E-state index contributed by atoms with van der Waals surface area (Å²) in [5.74, 6) is 5.19. The fourth-order valence-corrected chi connectivity index (χ4v) is 9.02. The van der Waals surface area contributed by atoms with Gasteiger partial charge in [0.15, 0.2) is 0 Å². The maximum Gasteiger partial charge on any atom is 0.419 e. The molecule has 0 aromatic carbocycles. The molecule has 8 unspecified atom stereocenters. The van der Waals surface area contributed by atoms with Gasteiger partial charge in [-0.25, -0.2) is 4.79 Å². The number of hydrogen-bond donors (Lipinski definition) is 1. The molecule has 4 rings (SSSR count). The van der Waals surface area contributed by atoms with Gasteiger partial charge >= 0.3 is 6.09 Å². The van der Waals surface area contributed by atoms with Crippen LogP contribution in [0.3, 0.4) is 0 Å². The third-order valence-corrected chi connectivity index (χ3v) is 11.0. The van der Waals surface area contributed by atoms with Gasteiger partial charge in [0.1, 0.15) is 6.10 Å². The molecular weight excluding hydrogens is 426 g/mol. The molecular formula is C29H49NO2S. The van der Waals surface area contributed by atoms with Gasteiger partial charge in [0.05, 0.1) is 0 Å². The number of hydrogen-bond acceptors (Lipinski definition) is 3. The zero-order valence-electron chi connectivity index (χ0n) is 22.1. The van der Waals surface area contributed by atoms with Gasteiger partial charge in [-0.15, -0.1) is 0 Å². The minimum absolute atomic E-state index is 0.0133. The van der Waals surface area contributed by atoms with Crippen LogP contribution in [0.5, 0.6) is 0 Å². The number of carbonyl (C=O) groups is 1. The fourth-order valence-electron chi connectivity index (χ4n) is 8.97. The molecule has 8 atom stereocenters. The van der Waals surface area contributed by atoms with Crippen LogP contribution in [0, 0.1) is 46.3 Å². The minimum atomic E-state index is -0.325. The Kier molecular flexibility index (Phi) is 7.54. The zero-order chi connectivity index (χ0) is 24.0. The van der Waals surface area contributed by atoms with Crippen molar-refractivity contribution in [3.63, 3.8) is 0 Å². The highest BCUT2D eigenvalue weighted by molar-refractivity contribution is 7.78. The van der Waals surface area contributed by atoms with Crippen LogP contribution in [0.1, 0.15) is 105 Å². The maximum atomic E-state index is 12.0. The van der Waals surface area contributed by atoms with E-state index in [-0.39, 0.29) is 12.2 Å². The molecule has 3 saturated carbocycles. The number of thiol groups is 1. The lowest BCUT2D eigenvalue weighted by Gasteiger charge is -2.58. The van der Waals surface area contributed by atoms with Gasteiger partial charge in [-0.2, -0.15) is 0 Å². The van der Waals surface area contributed by atoms with E-state index in [0.717, 1.165) is 54.8 Å². The van der Waals surface area contributed by atoms with E-state index in [0.29, 0.717) is 10.8 Å². The van der Waals surface area contributed by atoms with Gasteiger partial charge in [-0.05, 0) is 91.3 Å². The lowest BCUT2D eigenvalue weighted by atomic mass is 9.47. The van der Waals surface area contributed by atoms with E-state index in [1.54, 1.807) is 12.6 Å². The van der Waals surface area contributed by atoms with Crippen molar-refractivity contribution >= 4 is 18.9 Å². The third kappa shape index (κ3) is 4.76. The number of nitrogens with zero attached hydrogens (tertiary/aromatic N) is 1. The van der Waals surface area contributed by atoms with Crippen molar-refractivity contribution < 1.29 is 9.53 Å². The summed E-state index contributed by atoms with van der Waals surface area (Å²) < 4.78 is 6.98. The lowest BCUT2D eigenvalue weighted by molar-refractivity contribution is -0.0585. The second-order valence-corrected chi connectivity index (χ2v) is 13.7. The Labute approximate surface area is 209 Å². The molecule has 4 heteroatoms. The monoisotopic (exact) mass is 475 g/mol. The highest BCUT2D eigenvalue weighted by Gasteiger charge is 2.59. The predicted octanol–water partition coefficient (Wildman–Crippen LogP) is 8.31. The van der Waals surface area contributed by atoms with Crippen molar-refractivity contribution in [1.29, 1.82) is 0 Å². The van der Waals surface area contributed by atoms with Crippen molar-refractivity contribution in [2.24, 2.45) is 46.3 Å². The average molecular weight is 476 g/mol. The summed E-state index contributed by atoms with van der Waals surface area (Å²) in [6.45, 7) is 12.5. The first-order valence-electron chi connectivity index (χ1n) is 13.9. The van der Waals surface area contributed by atoms with Crippen LogP contribution in [-0.4, -0.2) is 23.6 Å². The Balaban J connectivity index is 1.45. The second kappa shape index (κ2) is 9.78. The van der Waals surface area contributed by atoms with E-state index in [9.17, 15) is 4.79 Å². The Morgan fingerprint density at radius 1 is 1.12 bits per heavy atom. The summed E-state index contributed by atoms with van der Waals surface area (Å²) in [7, 11) is 1.64. The van der Waals surface area contributed by atoms with Crippen LogP contribution in [0.25, 0.3) is 0 Å². The molecule has 188 valence electrons. The van der Waals surface area contributed by atoms with Crippen molar-refractivity contribution in [3.05, 3.63) is 11.6 Å². The van der Waals surface area contributed by atoms with Gasteiger partial charge in [0, 0.05) is 13.5 Å². The van der Waals surface area contributed by atoms with E-state index in [1.807, 2.05) is 0 Å². The first-order chi connectivity index (χ1) is 15.6. The maximum absolute atomic E-state index is 12.0. The molecule has 0 bridgehead atoms. The van der Waals surface area contributed by atoms with Gasteiger partial charge in [0.2, 0.25) is 0 Å². The normalized spacial score (nSPS) is 41.0. The van der Waals surface area contributed by atoms with Crippen molar-refractivity contribution in [2.45, 2.75) is 111 Å². The Morgan fingerprint density at radius 2 is 1.88 bits per heavy atom. The Bertz CT molecular complexity index is 748. The topological polar surface area (TPSA) is 29.5 Å². The van der Waals surface area contributed by atoms with E-state index in [2.05, 4.69) is 53.5 Å². The molecule has 4 aliphatic carbocycles. The molecule has 1 amide bonds. The van der Waals surface area contributed by atoms with Crippen molar-refractivity contribution in [2.75, 3.05) is 7.05 Å². The van der Waals surface area contributed by atoms with Crippen LogP contribution >= 0.6 is 12.8 Å². The number of ether oxygens (including phenoxy) is 1. The number of amides is 1. The van der Waals surface area contributed by atoms with Crippen LogP contribution in [-0.2, 0) is 4.74 Å². The van der Waals surface area contributed by atoms with E-state index in [4.69, 9.17) is 4.74 Å². The quantitative estimate of drug-likeness (QED) is 0.309. The molecule has 3 fully saturated rings. The number of fused-ring (bicyclic) bond motifs is 5. The zero-order valence-corrected chi connectivity index (χ0v) is 23.0. The summed E-state index contributed by atoms with van der Waals surface area (Å²) in [5.41, 5.74) is 2.43. The molecule has 0 aromatic rings. The highest BCUT2D eigenvalue weighted by Crippen LogP contribution is 2.67. The molecule has 4 aliphatic rings. The molecule has 0 spiro atoms. The fraction of sp³-hybridized carbons (Fsp3) is 0.897. The highest BCUT2D eigenvalue weighted by atomic mass is 32.1. The summed E-state index contributed by atoms with van der Waals surface area (Å²) >= 11 is 4.10. The van der Waals surface area contributed by atoms with Crippen LogP contribution in [0.15, 0.2) is 11.6 Å². The second-order valence-electron chi connectivity index (χ2n) is 13.1. The standard InChI is InChI=1S/C29H49NO2S/c1-19(2)8-7-9-20(3)24-12-13-25-23-11-10-21-18-22(32-27(31)30(6)33)14-16-28(21,4)26(23)15-17-29(24,25)5/h10,19-20,22-26,33H,7-9,11-18H2,1-6H3. The number of allylic oxidation sites excluding steroid dienone is 1. The molecule has 0 radical (unpaired) electrons. The first-order valence-corrected chi connectivity index (χ1v) is 14.3. The van der Waals surface area contributed by atoms with Crippen molar-refractivity contribution in [3.8, 4) is 0 Å². The van der Waals surface area contributed by atoms with Crippen molar-refractivity contribution in [1.82, 2.24) is 4.31 Å². The Hall–Kier alpha value is -0.640. The SMILES string of the molecule is CC(C)CCCC(C)C1CCC2C3CC=C4CC(OC(=O)N(C)S)CCC4(C)C3CCC12C. The predicted molar refractivity (Wildman–Crippen MR) is 140 cm³/mol. The summed E-state index contributed by atoms with van der Waals surface area (Å²) in [6, 6.07) is 0. The van der Waals surface area contributed by atoms with Gasteiger partial charge in [0.25, 0.3) is 0 Å². The summed E-state index contributed by atoms with van der Waals surface area (Å²) in [4.78, 5) is 12.0. The van der Waals surface area contributed by atoms with Gasteiger partial charge < -0.3 is 4.74 Å². The minimum Gasteiger partial charge on any atom is -0.445 e. The van der Waals surface area contributed by atoms with E-state index < -0.39 is 0 Å². The number of rotatable bonds is 6. The smallest absolute Gasteiger partial charge is 0.419 e. The van der Waals surface area contributed by atoms with Crippen LogP contribution < -0.4 is 0 Å². The molecule has 3 nitrogen and oxygen atoms in total. The lowest BCUT2D eigenvalue weighted by Crippen LogP contribution is -2.51.